The van der Waals surface area contributed by atoms with Crippen molar-refractivity contribution in [2.75, 3.05) is 6.61 Å². The summed E-state index contributed by atoms with van der Waals surface area (Å²) < 4.78 is 18.9. The molecule has 17 heavy (non-hydrogen) atoms. The second-order valence-corrected chi connectivity index (χ2v) is 4.29. The number of nitrogens with zero attached hydrogens (tertiary/aromatic N) is 1. The van der Waals surface area contributed by atoms with Gasteiger partial charge in [-0.05, 0) is 24.6 Å². The first kappa shape index (κ1) is 13.7. The van der Waals surface area contributed by atoms with Crippen LogP contribution in [0, 0.1) is 23.1 Å². The molecule has 1 aromatic rings. The van der Waals surface area contributed by atoms with Crippen molar-refractivity contribution in [3.05, 3.63) is 34.1 Å². The van der Waals surface area contributed by atoms with Gasteiger partial charge in [-0.15, -0.1) is 0 Å². The second kappa shape index (κ2) is 6.36. The predicted molar refractivity (Wildman–Crippen MR) is 63.5 cm³/mol. The van der Waals surface area contributed by atoms with E-state index >= 15 is 0 Å². The molecule has 0 saturated heterocycles. The molecule has 0 amide bonds. The molecule has 0 aromatic heterocycles. The molecular weight excluding hydrogens is 289 g/mol. The number of hydrogen-bond donors (Lipinski definition) is 0. The molecule has 5 heteroatoms. The van der Waals surface area contributed by atoms with Crippen molar-refractivity contribution in [3.8, 4) is 6.07 Å². The fourth-order valence-corrected chi connectivity index (χ4v) is 1.66. The number of carbonyl (C=O) groups is 1. The van der Waals surface area contributed by atoms with Gasteiger partial charge < -0.3 is 4.74 Å². The summed E-state index contributed by atoms with van der Waals surface area (Å²) in [4.78, 5) is 11.4. The zero-order chi connectivity index (χ0) is 12.8. The summed E-state index contributed by atoms with van der Waals surface area (Å²) in [6.07, 6.45) is 0.0223. The van der Waals surface area contributed by atoms with Crippen molar-refractivity contribution in [3.63, 3.8) is 0 Å². The minimum absolute atomic E-state index is 0.0223. The maximum Gasteiger partial charge on any atom is 0.323 e. The van der Waals surface area contributed by atoms with E-state index in [2.05, 4.69) is 15.9 Å². The quantitative estimate of drug-likeness (QED) is 0.803. The smallest absolute Gasteiger partial charge is 0.323 e. The summed E-state index contributed by atoms with van der Waals surface area (Å²) in [6.45, 7) is 1.87. The van der Waals surface area contributed by atoms with Crippen LogP contribution in [0.15, 0.2) is 22.7 Å². The average molecular weight is 300 g/mol. The summed E-state index contributed by atoms with van der Waals surface area (Å²) >= 11 is 3.14. The molecule has 0 bridgehead atoms. The van der Waals surface area contributed by atoms with Crippen LogP contribution in [0.4, 0.5) is 4.39 Å². The number of halogens is 2. The van der Waals surface area contributed by atoms with Gasteiger partial charge in [0.1, 0.15) is 11.7 Å². The standard InChI is InChI=1S/C12H11BrFNO2/c1-2-17-12(16)9(7-15)5-8-3-4-10(13)6-11(8)14/h3-4,6,9H,2,5H2,1H3. The predicted octanol–water partition coefficient (Wildman–Crippen LogP) is 2.83. The highest BCUT2D eigenvalue weighted by Gasteiger charge is 2.21. The topological polar surface area (TPSA) is 50.1 Å². The molecule has 90 valence electrons. The molecule has 0 N–H and O–H groups in total. The first-order valence-corrected chi connectivity index (χ1v) is 5.88. The molecule has 3 nitrogen and oxygen atoms in total. The maximum absolute atomic E-state index is 13.5. The van der Waals surface area contributed by atoms with E-state index in [-0.39, 0.29) is 13.0 Å². The van der Waals surface area contributed by atoms with E-state index in [1.165, 1.54) is 6.07 Å². The van der Waals surface area contributed by atoms with Gasteiger partial charge in [0, 0.05) is 10.9 Å². The molecule has 1 atom stereocenters. The number of rotatable bonds is 4. The molecule has 1 unspecified atom stereocenters. The normalized spacial score (nSPS) is 11.6. The second-order valence-electron chi connectivity index (χ2n) is 3.37. The minimum Gasteiger partial charge on any atom is -0.465 e. The minimum atomic E-state index is -0.967. The van der Waals surface area contributed by atoms with Crippen LogP contribution >= 0.6 is 15.9 Å². The summed E-state index contributed by atoms with van der Waals surface area (Å²) in [5, 5.41) is 8.85. The molecule has 0 saturated carbocycles. The largest absolute Gasteiger partial charge is 0.465 e. The number of esters is 1. The van der Waals surface area contributed by atoms with Crippen LogP contribution in [0.2, 0.25) is 0 Å². The highest BCUT2D eigenvalue weighted by molar-refractivity contribution is 9.10. The lowest BCUT2D eigenvalue weighted by Crippen LogP contribution is -2.19. The van der Waals surface area contributed by atoms with E-state index in [1.807, 2.05) is 6.07 Å². The van der Waals surface area contributed by atoms with Crippen molar-refractivity contribution >= 4 is 21.9 Å². The summed E-state index contributed by atoms with van der Waals surface area (Å²) in [5.41, 5.74) is 0.327. The Hall–Kier alpha value is -1.41. The van der Waals surface area contributed by atoms with E-state index in [9.17, 15) is 9.18 Å². The highest BCUT2D eigenvalue weighted by Crippen LogP contribution is 2.18. The fourth-order valence-electron chi connectivity index (χ4n) is 1.33. The Morgan fingerprint density at radius 1 is 1.65 bits per heavy atom. The van der Waals surface area contributed by atoms with E-state index < -0.39 is 17.7 Å². The van der Waals surface area contributed by atoms with E-state index in [1.54, 1.807) is 19.1 Å². The van der Waals surface area contributed by atoms with Crippen molar-refractivity contribution in [2.24, 2.45) is 5.92 Å². The lowest BCUT2D eigenvalue weighted by atomic mass is 10.0. The van der Waals surface area contributed by atoms with Crippen LogP contribution < -0.4 is 0 Å². The molecule has 0 aliphatic heterocycles. The Morgan fingerprint density at radius 3 is 2.88 bits per heavy atom. The van der Waals surface area contributed by atoms with Crippen LogP contribution in [0.1, 0.15) is 12.5 Å². The molecule has 1 aromatic carbocycles. The number of carbonyl (C=O) groups excluding carboxylic acids is 1. The molecule has 1 rings (SSSR count). The molecule has 0 aliphatic rings. The van der Waals surface area contributed by atoms with Crippen molar-refractivity contribution in [1.82, 2.24) is 0 Å². The summed E-state index contributed by atoms with van der Waals surface area (Å²) in [5.74, 6) is -2.02. The Bertz CT molecular complexity index is 456. The first-order chi connectivity index (χ1) is 8.08. The summed E-state index contributed by atoms with van der Waals surface area (Å²) in [6, 6.07) is 6.33. The molecule has 0 radical (unpaired) electrons. The summed E-state index contributed by atoms with van der Waals surface area (Å²) in [7, 11) is 0. The van der Waals surface area contributed by atoms with Gasteiger partial charge in [-0.25, -0.2) is 4.39 Å². The monoisotopic (exact) mass is 299 g/mol. The van der Waals surface area contributed by atoms with Crippen LogP contribution in [0.25, 0.3) is 0 Å². The third-order valence-electron chi connectivity index (χ3n) is 2.17. The zero-order valence-corrected chi connectivity index (χ0v) is 10.8. The van der Waals surface area contributed by atoms with Gasteiger partial charge in [0.2, 0.25) is 0 Å². The van der Waals surface area contributed by atoms with Crippen LogP contribution in [0.5, 0.6) is 0 Å². The first-order valence-electron chi connectivity index (χ1n) is 5.08. The lowest BCUT2D eigenvalue weighted by molar-refractivity contribution is -0.145. The molecule has 0 heterocycles. The maximum atomic E-state index is 13.5. The Morgan fingerprint density at radius 2 is 2.35 bits per heavy atom. The zero-order valence-electron chi connectivity index (χ0n) is 9.24. The van der Waals surface area contributed by atoms with Crippen molar-refractivity contribution < 1.29 is 13.9 Å². The number of nitriles is 1. The van der Waals surface area contributed by atoms with Crippen LogP contribution in [-0.2, 0) is 16.0 Å². The lowest BCUT2D eigenvalue weighted by Gasteiger charge is -2.09. The Kier molecular flexibility index (Phi) is 5.11. The van der Waals surface area contributed by atoms with E-state index in [4.69, 9.17) is 10.00 Å². The van der Waals surface area contributed by atoms with Crippen molar-refractivity contribution in [2.45, 2.75) is 13.3 Å². The van der Waals surface area contributed by atoms with Gasteiger partial charge in [0.25, 0.3) is 0 Å². The highest BCUT2D eigenvalue weighted by atomic mass is 79.9. The SMILES string of the molecule is CCOC(=O)C(C#N)Cc1ccc(Br)cc1F. The van der Waals surface area contributed by atoms with Gasteiger partial charge >= 0.3 is 5.97 Å². The Balaban J connectivity index is 2.81. The average Bonchev–Trinajstić information content (AvgIpc) is 2.28. The van der Waals surface area contributed by atoms with Gasteiger partial charge in [-0.1, -0.05) is 22.0 Å². The number of hydrogen-bond acceptors (Lipinski definition) is 3. The fraction of sp³-hybridized carbons (Fsp3) is 0.333. The van der Waals surface area contributed by atoms with E-state index in [0.29, 0.717) is 10.0 Å². The van der Waals surface area contributed by atoms with Crippen LogP contribution in [0.3, 0.4) is 0 Å². The number of benzene rings is 1. The number of ether oxygens (including phenoxy) is 1. The molecule has 0 fully saturated rings. The van der Waals surface area contributed by atoms with Gasteiger partial charge in [-0.3, -0.25) is 4.79 Å². The van der Waals surface area contributed by atoms with Crippen LogP contribution in [-0.4, -0.2) is 12.6 Å². The van der Waals surface area contributed by atoms with Gasteiger partial charge in [0.05, 0.1) is 12.7 Å². The van der Waals surface area contributed by atoms with E-state index in [0.717, 1.165) is 0 Å². The third-order valence-corrected chi connectivity index (χ3v) is 2.66. The third kappa shape index (κ3) is 3.82. The van der Waals surface area contributed by atoms with Crippen molar-refractivity contribution in [1.29, 1.82) is 5.26 Å². The molecule has 0 spiro atoms. The Labute approximate surface area is 107 Å². The van der Waals surface area contributed by atoms with Gasteiger partial charge in [0.15, 0.2) is 0 Å². The molecular formula is C12H11BrFNO2. The molecule has 0 aliphatic carbocycles. The van der Waals surface area contributed by atoms with Gasteiger partial charge in [-0.2, -0.15) is 5.26 Å².